The lowest BCUT2D eigenvalue weighted by molar-refractivity contribution is -0.117. The number of hydrogen-bond donors (Lipinski definition) is 4. The van der Waals surface area contributed by atoms with Crippen LogP contribution in [0.2, 0.25) is 0 Å². The van der Waals surface area contributed by atoms with Crippen LogP contribution in [-0.2, 0) is 4.79 Å². The van der Waals surface area contributed by atoms with E-state index in [0.717, 1.165) is 36.2 Å². The molecule has 28 heavy (non-hydrogen) atoms. The summed E-state index contributed by atoms with van der Waals surface area (Å²) >= 11 is 1.51. The highest BCUT2D eigenvalue weighted by atomic mass is 32.1. The standard InChI is InChI=1S/C19H24N6O2S/c1-3-15(26)23-13-6-4-5-12(8-13)22-14-9-21-17(18(20)27)19(24-14)25-16-7-11(2)10-28-16/h3,7,9-10,12-13H,1,4-6,8H2,2H3,(H2,20,27)(H,23,26)(H2,22,24,25)/t12-,13?/m1/s1. The molecule has 1 aliphatic rings. The Balaban J connectivity index is 1.73. The van der Waals surface area contributed by atoms with Gasteiger partial charge < -0.3 is 21.7 Å². The van der Waals surface area contributed by atoms with Crippen molar-refractivity contribution in [3.05, 3.63) is 41.6 Å². The van der Waals surface area contributed by atoms with Gasteiger partial charge in [-0.3, -0.25) is 9.59 Å². The van der Waals surface area contributed by atoms with Crippen LogP contribution < -0.4 is 21.7 Å². The van der Waals surface area contributed by atoms with E-state index in [1.807, 2.05) is 18.4 Å². The molecule has 0 saturated heterocycles. The Morgan fingerprint density at radius 1 is 1.36 bits per heavy atom. The topological polar surface area (TPSA) is 122 Å². The van der Waals surface area contributed by atoms with Crippen LogP contribution in [0, 0.1) is 6.92 Å². The van der Waals surface area contributed by atoms with E-state index >= 15 is 0 Å². The van der Waals surface area contributed by atoms with Crippen LogP contribution in [0.4, 0.5) is 16.6 Å². The monoisotopic (exact) mass is 400 g/mol. The number of carbonyl (C=O) groups is 2. The molecule has 2 atom stereocenters. The number of hydrogen-bond acceptors (Lipinski definition) is 7. The Morgan fingerprint density at radius 3 is 2.82 bits per heavy atom. The highest BCUT2D eigenvalue weighted by Gasteiger charge is 2.23. The van der Waals surface area contributed by atoms with E-state index in [-0.39, 0.29) is 23.7 Å². The van der Waals surface area contributed by atoms with E-state index in [0.29, 0.717) is 11.6 Å². The molecule has 0 radical (unpaired) electrons. The molecule has 0 spiro atoms. The first kappa shape index (κ1) is 19.8. The molecule has 3 rings (SSSR count). The predicted octanol–water partition coefficient (Wildman–Crippen LogP) is 2.71. The molecule has 8 nitrogen and oxygen atoms in total. The summed E-state index contributed by atoms with van der Waals surface area (Å²) in [5.74, 6) is 0.0850. The maximum Gasteiger partial charge on any atom is 0.271 e. The van der Waals surface area contributed by atoms with Crippen molar-refractivity contribution in [2.45, 2.75) is 44.7 Å². The molecule has 0 bridgehead atoms. The van der Waals surface area contributed by atoms with Crippen molar-refractivity contribution in [1.82, 2.24) is 15.3 Å². The maximum atomic E-state index is 11.7. The van der Waals surface area contributed by atoms with E-state index in [9.17, 15) is 9.59 Å². The normalized spacial score (nSPS) is 18.9. The zero-order valence-corrected chi connectivity index (χ0v) is 16.5. The fourth-order valence-corrected chi connectivity index (χ4v) is 4.05. The summed E-state index contributed by atoms with van der Waals surface area (Å²) < 4.78 is 0. The number of nitrogens with two attached hydrogens (primary N) is 1. The van der Waals surface area contributed by atoms with Crippen LogP contribution in [0.3, 0.4) is 0 Å². The number of carbonyl (C=O) groups excluding carboxylic acids is 2. The van der Waals surface area contributed by atoms with Crippen LogP contribution >= 0.6 is 11.3 Å². The Labute approximate surface area is 167 Å². The van der Waals surface area contributed by atoms with Gasteiger partial charge in [0.2, 0.25) is 5.91 Å². The number of thiophene rings is 1. The van der Waals surface area contributed by atoms with Gasteiger partial charge in [0.1, 0.15) is 5.82 Å². The summed E-state index contributed by atoms with van der Waals surface area (Å²) in [6, 6.07) is 2.21. The van der Waals surface area contributed by atoms with Gasteiger partial charge in [0, 0.05) is 12.1 Å². The van der Waals surface area contributed by atoms with Gasteiger partial charge >= 0.3 is 0 Å². The Bertz CT molecular complexity index is 881. The molecular weight excluding hydrogens is 376 g/mol. The smallest absolute Gasteiger partial charge is 0.271 e. The van der Waals surface area contributed by atoms with Crippen molar-refractivity contribution in [2.75, 3.05) is 10.6 Å². The second-order valence-corrected chi connectivity index (χ2v) is 7.76. The highest BCUT2D eigenvalue weighted by Crippen LogP contribution is 2.26. The minimum atomic E-state index is -0.639. The van der Waals surface area contributed by atoms with Gasteiger partial charge in [0.25, 0.3) is 5.91 Å². The molecule has 0 aromatic carbocycles. The SMILES string of the molecule is C=CC(=O)NC1CCC[C@@H](Nc2cnc(C(N)=O)c(Nc3cc(C)cs3)n2)C1. The lowest BCUT2D eigenvalue weighted by Gasteiger charge is -2.30. The second-order valence-electron chi connectivity index (χ2n) is 6.85. The van der Waals surface area contributed by atoms with Gasteiger partial charge in [-0.25, -0.2) is 9.97 Å². The molecule has 1 unspecified atom stereocenters. The summed E-state index contributed by atoms with van der Waals surface area (Å²) in [5, 5.41) is 12.3. The van der Waals surface area contributed by atoms with Crippen molar-refractivity contribution in [2.24, 2.45) is 5.73 Å². The maximum absolute atomic E-state index is 11.7. The fourth-order valence-electron chi connectivity index (χ4n) is 3.26. The zero-order chi connectivity index (χ0) is 20.1. The molecule has 1 fully saturated rings. The van der Waals surface area contributed by atoms with Crippen molar-refractivity contribution >= 4 is 39.8 Å². The third kappa shape index (κ3) is 5.07. The molecular formula is C19H24N6O2S. The summed E-state index contributed by atoms with van der Waals surface area (Å²) in [4.78, 5) is 31.9. The molecule has 148 valence electrons. The van der Waals surface area contributed by atoms with Crippen LogP contribution in [0.15, 0.2) is 30.3 Å². The molecule has 2 aromatic rings. The summed E-state index contributed by atoms with van der Waals surface area (Å²) in [7, 11) is 0. The van der Waals surface area contributed by atoms with E-state index in [1.54, 1.807) is 0 Å². The number of aromatic nitrogens is 2. The quantitative estimate of drug-likeness (QED) is 0.530. The van der Waals surface area contributed by atoms with Crippen molar-refractivity contribution in [1.29, 1.82) is 0 Å². The fraction of sp³-hybridized carbons (Fsp3) is 0.368. The first-order chi connectivity index (χ1) is 13.4. The summed E-state index contributed by atoms with van der Waals surface area (Å²) in [5.41, 5.74) is 6.65. The number of anilines is 3. The molecule has 0 aliphatic heterocycles. The first-order valence-corrected chi connectivity index (χ1v) is 10.0. The summed E-state index contributed by atoms with van der Waals surface area (Å²) in [6.07, 6.45) is 6.48. The van der Waals surface area contributed by atoms with Gasteiger partial charge in [0.05, 0.1) is 11.2 Å². The third-order valence-electron chi connectivity index (χ3n) is 4.54. The number of amides is 2. The molecule has 1 aliphatic carbocycles. The van der Waals surface area contributed by atoms with Crippen LogP contribution in [-0.4, -0.2) is 33.9 Å². The van der Waals surface area contributed by atoms with Gasteiger partial charge in [-0.15, -0.1) is 11.3 Å². The van der Waals surface area contributed by atoms with Gasteiger partial charge in [-0.1, -0.05) is 6.58 Å². The van der Waals surface area contributed by atoms with Crippen molar-refractivity contribution in [3.63, 3.8) is 0 Å². The average Bonchev–Trinajstić information content (AvgIpc) is 3.06. The van der Waals surface area contributed by atoms with Crippen LogP contribution in [0.5, 0.6) is 0 Å². The number of rotatable bonds is 7. The first-order valence-electron chi connectivity index (χ1n) is 9.13. The van der Waals surface area contributed by atoms with Crippen LogP contribution in [0.1, 0.15) is 41.7 Å². The molecule has 2 heterocycles. The van der Waals surface area contributed by atoms with Crippen LogP contribution in [0.25, 0.3) is 0 Å². The van der Waals surface area contributed by atoms with Crippen molar-refractivity contribution < 1.29 is 9.59 Å². The number of aryl methyl sites for hydroxylation is 1. The van der Waals surface area contributed by atoms with Crippen molar-refractivity contribution in [3.8, 4) is 0 Å². The highest BCUT2D eigenvalue weighted by molar-refractivity contribution is 7.14. The number of nitrogens with zero attached hydrogens (tertiary/aromatic N) is 2. The molecule has 5 N–H and O–H groups in total. The minimum Gasteiger partial charge on any atom is -0.366 e. The van der Waals surface area contributed by atoms with Gasteiger partial charge in [0.15, 0.2) is 11.5 Å². The Hall–Kier alpha value is -2.94. The third-order valence-corrected chi connectivity index (χ3v) is 5.50. The lowest BCUT2D eigenvalue weighted by atomic mass is 9.91. The largest absolute Gasteiger partial charge is 0.366 e. The summed E-state index contributed by atoms with van der Waals surface area (Å²) in [6.45, 7) is 5.48. The van der Waals surface area contributed by atoms with Gasteiger partial charge in [-0.05, 0) is 55.7 Å². The molecule has 2 aromatic heterocycles. The van der Waals surface area contributed by atoms with Gasteiger partial charge in [-0.2, -0.15) is 0 Å². The molecule has 1 saturated carbocycles. The zero-order valence-electron chi connectivity index (χ0n) is 15.7. The lowest BCUT2D eigenvalue weighted by Crippen LogP contribution is -2.41. The Morgan fingerprint density at radius 2 is 2.14 bits per heavy atom. The van der Waals surface area contributed by atoms with E-state index in [2.05, 4.69) is 32.5 Å². The second kappa shape index (κ2) is 8.83. The minimum absolute atomic E-state index is 0.0939. The van der Waals surface area contributed by atoms with E-state index < -0.39 is 5.91 Å². The van der Waals surface area contributed by atoms with E-state index in [1.165, 1.54) is 23.6 Å². The molecule has 9 heteroatoms. The molecule has 2 amide bonds. The number of primary amides is 1. The predicted molar refractivity (Wildman–Crippen MR) is 111 cm³/mol. The Kier molecular flexibility index (Phi) is 6.25. The average molecular weight is 401 g/mol. The van der Waals surface area contributed by atoms with E-state index in [4.69, 9.17) is 5.73 Å². The number of nitrogens with one attached hydrogen (secondary N) is 3.